The van der Waals surface area contributed by atoms with Gasteiger partial charge in [0.1, 0.15) is 5.76 Å². The number of thiocarbonyl (C=S) groups is 1. The molecule has 0 radical (unpaired) electrons. The lowest BCUT2D eigenvalue weighted by molar-refractivity contribution is 0.488. The maximum atomic E-state index is 5.90. The van der Waals surface area contributed by atoms with E-state index in [4.69, 9.17) is 16.6 Å². The van der Waals surface area contributed by atoms with Crippen molar-refractivity contribution in [3.05, 3.63) is 107 Å². The Kier molecular flexibility index (Phi) is 6.00. The lowest BCUT2D eigenvalue weighted by atomic mass is 9.96. The van der Waals surface area contributed by atoms with Crippen LogP contribution in [-0.4, -0.2) is 14.7 Å². The minimum atomic E-state index is -0.0592. The zero-order chi connectivity index (χ0) is 23.8. The normalized spacial score (nSPS) is 18.0. The summed E-state index contributed by atoms with van der Waals surface area (Å²) in [6.45, 7) is 9.46. The molecule has 3 aromatic heterocycles. The fraction of sp³-hybridized carbons (Fsp3) is 0.286. The molecule has 1 aliphatic rings. The molecule has 1 aliphatic heterocycles. The first kappa shape index (κ1) is 22.4. The van der Waals surface area contributed by atoms with Gasteiger partial charge in [-0.05, 0) is 85.6 Å². The Morgan fingerprint density at radius 2 is 1.85 bits per heavy atom. The van der Waals surface area contributed by atoms with E-state index < -0.39 is 0 Å². The van der Waals surface area contributed by atoms with Crippen LogP contribution in [0.25, 0.3) is 0 Å². The van der Waals surface area contributed by atoms with Crippen molar-refractivity contribution >= 4 is 23.0 Å². The first-order chi connectivity index (χ1) is 16.4. The Hall–Kier alpha value is -3.38. The van der Waals surface area contributed by atoms with Gasteiger partial charge in [0.2, 0.25) is 0 Å². The average molecular weight is 471 g/mol. The second-order valence-corrected chi connectivity index (χ2v) is 9.62. The molecule has 6 heteroatoms. The van der Waals surface area contributed by atoms with E-state index in [9.17, 15) is 0 Å². The van der Waals surface area contributed by atoms with Gasteiger partial charge in [0.25, 0.3) is 0 Å². The van der Waals surface area contributed by atoms with Crippen LogP contribution in [0, 0.1) is 13.8 Å². The summed E-state index contributed by atoms with van der Waals surface area (Å²) in [6.07, 6.45) is 3.57. The fourth-order valence-electron chi connectivity index (χ4n) is 4.90. The van der Waals surface area contributed by atoms with Gasteiger partial charge in [-0.1, -0.05) is 32.0 Å². The van der Waals surface area contributed by atoms with Gasteiger partial charge in [-0.3, -0.25) is 4.98 Å². The fourth-order valence-corrected chi connectivity index (χ4v) is 5.24. The van der Waals surface area contributed by atoms with Crippen molar-refractivity contribution in [3.8, 4) is 0 Å². The molecule has 0 saturated carbocycles. The molecule has 5 rings (SSSR count). The first-order valence-corrected chi connectivity index (χ1v) is 12.1. The van der Waals surface area contributed by atoms with E-state index >= 15 is 0 Å². The predicted octanol–water partition coefficient (Wildman–Crippen LogP) is 6.44. The van der Waals surface area contributed by atoms with Crippen LogP contribution in [0.1, 0.15) is 65.8 Å². The van der Waals surface area contributed by atoms with Gasteiger partial charge in [-0.25, -0.2) is 0 Å². The molecule has 4 aromatic rings. The molecule has 2 atom stereocenters. The topological polar surface area (TPSA) is 46.2 Å². The number of nitrogens with one attached hydrogen (secondary N) is 1. The minimum absolute atomic E-state index is 0.0242. The van der Waals surface area contributed by atoms with Crippen molar-refractivity contribution in [2.45, 2.75) is 52.2 Å². The molecule has 174 valence electrons. The van der Waals surface area contributed by atoms with Gasteiger partial charge in [0, 0.05) is 23.3 Å². The number of rotatable bonds is 6. The summed E-state index contributed by atoms with van der Waals surface area (Å²) in [5, 5.41) is 4.29. The largest absolute Gasteiger partial charge is 0.467 e. The van der Waals surface area contributed by atoms with E-state index in [2.05, 4.69) is 83.9 Å². The van der Waals surface area contributed by atoms with Crippen LogP contribution in [0.2, 0.25) is 0 Å². The standard InChI is InChI=1S/C28H30N4OS/c1-18(2)21-10-12-22(13-11-21)32-27(26(30-28(32)34)25-9-5-6-14-29-25)24-16-19(3)31(20(24)4)17-23-8-7-15-33-23/h5-16,18,26-27H,17H2,1-4H3,(H,30,34)/t26-,27+/m1/s1. The highest BCUT2D eigenvalue weighted by Gasteiger charge is 2.42. The number of anilines is 1. The van der Waals surface area contributed by atoms with E-state index in [1.54, 1.807) is 6.26 Å². The molecule has 1 aromatic carbocycles. The number of hydrogen-bond donors (Lipinski definition) is 1. The van der Waals surface area contributed by atoms with Gasteiger partial charge >= 0.3 is 0 Å². The molecule has 0 amide bonds. The van der Waals surface area contributed by atoms with Gasteiger partial charge in [0.15, 0.2) is 5.11 Å². The Labute approximate surface area is 206 Å². The summed E-state index contributed by atoms with van der Waals surface area (Å²) in [5.74, 6) is 1.42. The van der Waals surface area contributed by atoms with Crippen molar-refractivity contribution in [3.63, 3.8) is 0 Å². The third-order valence-corrected chi connectivity index (χ3v) is 7.08. The summed E-state index contributed by atoms with van der Waals surface area (Å²) in [6, 6.07) is 21.0. The number of hydrogen-bond acceptors (Lipinski definition) is 3. The molecule has 1 fully saturated rings. The first-order valence-electron chi connectivity index (χ1n) is 11.7. The molecule has 0 unspecified atom stereocenters. The monoisotopic (exact) mass is 470 g/mol. The zero-order valence-corrected chi connectivity index (χ0v) is 20.8. The summed E-state index contributed by atoms with van der Waals surface area (Å²) in [4.78, 5) is 6.93. The smallest absolute Gasteiger partial charge is 0.174 e. The Morgan fingerprint density at radius 3 is 2.50 bits per heavy atom. The number of aromatic nitrogens is 2. The molecular weight excluding hydrogens is 440 g/mol. The third-order valence-electron chi connectivity index (χ3n) is 6.76. The van der Waals surface area contributed by atoms with Crippen LogP contribution in [0.4, 0.5) is 5.69 Å². The third kappa shape index (κ3) is 4.03. The molecule has 1 saturated heterocycles. The van der Waals surface area contributed by atoms with Gasteiger partial charge < -0.3 is 19.2 Å². The predicted molar refractivity (Wildman–Crippen MR) is 140 cm³/mol. The minimum Gasteiger partial charge on any atom is -0.467 e. The van der Waals surface area contributed by atoms with E-state index in [1.807, 2.05) is 30.5 Å². The average Bonchev–Trinajstić information content (AvgIpc) is 3.54. The van der Waals surface area contributed by atoms with E-state index in [0.717, 1.165) is 17.1 Å². The zero-order valence-electron chi connectivity index (χ0n) is 20.0. The van der Waals surface area contributed by atoms with Gasteiger partial charge in [-0.2, -0.15) is 0 Å². The Balaban J connectivity index is 1.61. The van der Waals surface area contributed by atoms with E-state index in [-0.39, 0.29) is 12.1 Å². The molecule has 0 spiro atoms. The highest BCUT2D eigenvalue weighted by molar-refractivity contribution is 7.80. The van der Waals surface area contributed by atoms with Crippen LogP contribution in [0.5, 0.6) is 0 Å². The Morgan fingerprint density at radius 1 is 1.06 bits per heavy atom. The maximum absolute atomic E-state index is 5.90. The SMILES string of the molecule is Cc1cc([C@H]2[C@@H](c3ccccn3)NC(=S)N2c2ccc(C(C)C)cc2)c(C)n1Cc1ccco1. The van der Waals surface area contributed by atoms with Crippen molar-refractivity contribution in [2.75, 3.05) is 4.90 Å². The number of pyridine rings is 1. The van der Waals surface area contributed by atoms with Crippen molar-refractivity contribution in [1.29, 1.82) is 0 Å². The van der Waals surface area contributed by atoms with Crippen LogP contribution < -0.4 is 10.2 Å². The quantitative estimate of drug-likeness (QED) is 0.329. The summed E-state index contributed by atoms with van der Waals surface area (Å²) < 4.78 is 7.95. The van der Waals surface area contributed by atoms with Gasteiger partial charge in [-0.15, -0.1) is 0 Å². The maximum Gasteiger partial charge on any atom is 0.174 e. The molecule has 0 bridgehead atoms. The van der Waals surface area contributed by atoms with E-state index in [0.29, 0.717) is 17.6 Å². The molecule has 5 nitrogen and oxygen atoms in total. The highest BCUT2D eigenvalue weighted by atomic mass is 32.1. The van der Waals surface area contributed by atoms with E-state index in [1.165, 1.54) is 22.5 Å². The van der Waals surface area contributed by atoms with Crippen LogP contribution >= 0.6 is 12.2 Å². The van der Waals surface area contributed by atoms with Crippen molar-refractivity contribution in [2.24, 2.45) is 0 Å². The molecular formula is C28H30N4OS. The molecule has 0 aliphatic carbocycles. The Bertz CT molecular complexity index is 1280. The van der Waals surface area contributed by atoms with Crippen LogP contribution in [0.15, 0.2) is 77.5 Å². The summed E-state index contributed by atoms with van der Waals surface area (Å²) in [7, 11) is 0. The summed E-state index contributed by atoms with van der Waals surface area (Å²) >= 11 is 5.90. The summed E-state index contributed by atoms with van der Waals surface area (Å²) in [5.41, 5.74) is 7.01. The number of aryl methyl sites for hydroxylation is 1. The van der Waals surface area contributed by atoms with Crippen LogP contribution in [0.3, 0.4) is 0 Å². The molecule has 1 N–H and O–H groups in total. The highest BCUT2D eigenvalue weighted by Crippen LogP contribution is 2.43. The number of benzene rings is 1. The lowest BCUT2D eigenvalue weighted by Gasteiger charge is -2.28. The van der Waals surface area contributed by atoms with Crippen LogP contribution in [-0.2, 0) is 6.54 Å². The second-order valence-electron chi connectivity index (χ2n) is 9.23. The molecule has 34 heavy (non-hydrogen) atoms. The van der Waals surface area contributed by atoms with Gasteiger partial charge in [0.05, 0.1) is 30.6 Å². The van der Waals surface area contributed by atoms with Crippen molar-refractivity contribution < 1.29 is 4.42 Å². The van der Waals surface area contributed by atoms with Crippen molar-refractivity contribution in [1.82, 2.24) is 14.9 Å². The lowest BCUT2D eigenvalue weighted by Crippen LogP contribution is -2.29. The molecule has 4 heterocycles. The number of furan rings is 1. The number of nitrogens with zero attached hydrogens (tertiary/aromatic N) is 3. The second kappa shape index (κ2) is 9.11.